The smallest absolute Gasteiger partial charge is 0.341 e. The minimum atomic E-state index is -1.03. The summed E-state index contributed by atoms with van der Waals surface area (Å²) in [4.78, 5) is 23.0. The van der Waals surface area contributed by atoms with Crippen LogP contribution in [0, 0.1) is 6.92 Å². The molecule has 1 amide bonds. The SMILES string of the molecule is Cc1ccsc1C(=O)Nc1ccc(OCC(=O)O)cc1. The van der Waals surface area contributed by atoms with Gasteiger partial charge in [0.1, 0.15) is 5.75 Å². The number of hydrogen-bond acceptors (Lipinski definition) is 4. The summed E-state index contributed by atoms with van der Waals surface area (Å²) in [6.07, 6.45) is 0. The van der Waals surface area contributed by atoms with Crippen LogP contribution in [0.1, 0.15) is 15.2 Å². The lowest BCUT2D eigenvalue weighted by atomic mass is 10.2. The summed E-state index contributed by atoms with van der Waals surface area (Å²) in [5.74, 6) is -0.745. The molecule has 5 nitrogen and oxygen atoms in total. The largest absolute Gasteiger partial charge is 0.482 e. The number of amides is 1. The Morgan fingerprint density at radius 1 is 1.25 bits per heavy atom. The monoisotopic (exact) mass is 291 g/mol. The average molecular weight is 291 g/mol. The Labute approximate surface area is 119 Å². The van der Waals surface area contributed by atoms with Gasteiger partial charge in [-0.05, 0) is 48.2 Å². The summed E-state index contributed by atoms with van der Waals surface area (Å²) in [6, 6.07) is 8.44. The molecule has 0 saturated heterocycles. The molecule has 1 aromatic heterocycles. The quantitative estimate of drug-likeness (QED) is 0.888. The van der Waals surface area contributed by atoms with Crippen LogP contribution in [0.25, 0.3) is 0 Å². The van der Waals surface area contributed by atoms with Crippen LogP contribution in [0.3, 0.4) is 0 Å². The van der Waals surface area contributed by atoms with Crippen molar-refractivity contribution in [2.24, 2.45) is 0 Å². The van der Waals surface area contributed by atoms with Crippen LogP contribution < -0.4 is 10.1 Å². The summed E-state index contributed by atoms with van der Waals surface area (Å²) in [6.45, 7) is 1.49. The van der Waals surface area contributed by atoms with Crippen molar-refractivity contribution in [2.75, 3.05) is 11.9 Å². The van der Waals surface area contributed by atoms with E-state index in [4.69, 9.17) is 9.84 Å². The maximum Gasteiger partial charge on any atom is 0.341 e. The van der Waals surface area contributed by atoms with Crippen molar-refractivity contribution in [3.05, 3.63) is 46.2 Å². The van der Waals surface area contributed by atoms with Crippen molar-refractivity contribution in [1.82, 2.24) is 0 Å². The number of hydrogen-bond donors (Lipinski definition) is 2. The van der Waals surface area contributed by atoms with Gasteiger partial charge in [0, 0.05) is 5.69 Å². The van der Waals surface area contributed by atoms with Crippen LogP contribution in [-0.4, -0.2) is 23.6 Å². The second-order valence-electron chi connectivity index (χ2n) is 4.09. The number of nitrogens with one attached hydrogen (secondary N) is 1. The molecule has 20 heavy (non-hydrogen) atoms. The molecule has 2 rings (SSSR count). The first kappa shape index (κ1) is 14.1. The standard InChI is InChI=1S/C14H13NO4S/c1-9-6-7-20-13(9)14(18)15-10-2-4-11(5-3-10)19-8-12(16)17/h2-7H,8H2,1H3,(H,15,18)(H,16,17). The first-order valence-corrected chi connectivity index (χ1v) is 6.74. The fraction of sp³-hybridized carbons (Fsp3) is 0.143. The third-order valence-corrected chi connectivity index (χ3v) is 3.56. The second kappa shape index (κ2) is 6.21. The van der Waals surface area contributed by atoms with Gasteiger partial charge in [0.15, 0.2) is 6.61 Å². The zero-order chi connectivity index (χ0) is 14.5. The van der Waals surface area contributed by atoms with E-state index in [1.807, 2.05) is 18.4 Å². The first-order chi connectivity index (χ1) is 9.56. The first-order valence-electron chi connectivity index (χ1n) is 5.86. The fourth-order valence-corrected chi connectivity index (χ4v) is 2.39. The van der Waals surface area contributed by atoms with Gasteiger partial charge in [-0.1, -0.05) is 0 Å². The van der Waals surface area contributed by atoms with E-state index in [1.165, 1.54) is 11.3 Å². The van der Waals surface area contributed by atoms with Gasteiger partial charge in [-0.15, -0.1) is 11.3 Å². The highest BCUT2D eigenvalue weighted by molar-refractivity contribution is 7.12. The molecule has 0 aliphatic rings. The number of carbonyl (C=O) groups is 2. The molecule has 2 aromatic rings. The molecule has 0 radical (unpaired) electrons. The van der Waals surface area contributed by atoms with Crippen molar-refractivity contribution in [3.8, 4) is 5.75 Å². The number of aliphatic carboxylic acids is 1. The summed E-state index contributed by atoms with van der Waals surface area (Å²) in [5.41, 5.74) is 1.57. The van der Waals surface area contributed by atoms with Gasteiger partial charge in [-0.25, -0.2) is 4.79 Å². The third kappa shape index (κ3) is 3.58. The van der Waals surface area contributed by atoms with Crippen molar-refractivity contribution in [2.45, 2.75) is 6.92 Å². The molecule has 1 aromatic carbocycles. The van der Waals surface area contributed by atoms with E-state index in [9.17, 15) is 9.59 Å². The highest BCUT2D eigenvalue weighted by Gasteiger charge is 2.10. The van der Waals surface area contributed by atoms with Crippen LogP contribution in [-0.2, 0) is 4.79 Å². The number of carboxylic acid groups (broad SMARTS) is 1. The Balaban J connectivity index is 1.99. The van der Waals surface area contributed by atoms with Crippen LogP contribution in [0.2, 0.25) is 0 Å². The van der Waals surface area contributed by atoms with Crippen LogP contribution in [0.4, 0.5) is 5.69 Å². The van der Waals surface area contributed by atoms with E-state index in [0.717, 1.165) is 5.56 Å². The maximum atomic E-state index is 12.0. The van der Waals surface area contributed by atoms with Gasteiger partial charge in [-0.3, -0.25) is 4.79 Å². The van der Waals surface area contributed by atoms with Crippen LogP contribution in [0.5, 0.6) is 5.75 Å². The summed E-state index contributed by atoms with van der Waals surface area (Å²) < 4.78 is 5.01. The van der Waals surface area contributed by atoms with Gasteiger partial charge in [0.25, 0.3) is 5.91 Å². The van der Waals surface area contributed by atoms with E-state index in [0.29, 0.717) is 16.3 Å². The number of rotatable bonds is 5. The van der Waals surface area contributed by atoms with Crippen molar-refractivity contribution in [3.63, 3.8) is 0 Å². The lowest BCUT2D eigenvalue weighted by molar-refractivity contribution is -0.139. The van der Waals surface area contributed by atoms with Crippen molar-refractivity contribution >= 4 is 28.9 Å². The summed E-state index contributed by atoms with van der Waals surface area (Å²) in [5, 5.41) is 13.1. The Kier molecular flexibility index (Phi) is 4.37. The number of carboxylic acids is 1. The van der Waals surface area contributed by atoms with E-state index in [1.54, 1.807) is 24.3 Å². The third-order valence-electron chi connectivity index (χ3n) is 2.54. The fourth-order valence-electron chi connectivity index (χ4n) is 1.57. The lowest BCUT2D eigenvalue weighted by Gasteiger charge is -2.06. The number of aryl methyl sites for hydroxylation is 1. The topological polar surface area (TPSA) is 75.6 Å². The van der Waals surface area contributed by atoms with E-state index < -0.39 is 5.97 Å². The molecule has 2 N–H and O–H groups in total. The zero-order valence-corrected chi connectivity index (χ0v) is 11.6. The molecule has 0 atom stereocenters. The second-order valence-corrected chi connectivity index (χ2v) is 5.01. The average Bonchev–Trinajstić information content (AvgIpc) is 2.84. The molecule has 0 fully saturated rings. The van der Waals surface area contributed by atoms with Gasteiger partial charge < -0.3 is 15.2 Å². The Hall–Kier alpha value is -2.34. The lowest BCUT2D eigenvalue weighted by Crippen LogP contribution is -2.11. The van der Waals surface area contributed by atoms with Crippen molar-refractivity contribution < 1.29 is 19.4 Å². The summed E-state index contributed by atoms with van der Waals surface area (Å²) >= 11 is 1.39. The summed E-state index contributed by atoms with van der Waals surface area (Å²) in [7, 11) is 0. The molecule has 0 saturated carbocycles. The maximum absolute atomic E-state index is 12.0. The van der Waals surface area contributed by atoms with E-state index >= 15 is 0 Å². The van der Waals surface area contributed by atoms with Crippen LogP contribution in [0.15, 0.2) is 35.7 Å². The highest BCUT2D eigenvalue weighted by atomic mass is 32.1. The van der Waals surface area contributed by atoms with Gasteiger partial charge in [0.05, 0.1) is 4.88 Å². The van der Waals surface area contributed by atoms with Gasteiger partial charge in [-0.2, -0.15) is 0 Å². The molecule has 0 unspecified atom stereocenters. The highest BCUT2D eigenvalue weighted by Crippen LogP contribution is 2.19. The number of ether oxygens (including phenoxy) is 1. The number of carbonyl (C=O) groups excluding carboxylic acids is 1. The molecule has 0 aliphatic heterocycles. The molecule has 0 bridgehead atoms. The minimum absolute atomic E-state index is 0.156. The minimum Gasteiger partial charge on any atom is -0.482 e. The molecule has 1 heterocycles. The Morgan fingerprint density at radius 2 is 1.95 bits per heavy atom. The predicted molar refractivity (Wildman–Crippen MR) is 76.6 cm³/mol. The Bertz CT molecular complexity index is 618. The van der Waals surface area contributed by atoms with Crippen LogP contribution >= 0.6 is 11.3 Å². The number of thiophene rings is 1. The van der Waals surface area contributed by atoms with E-state index in [2.05, 4.69) is 5.32 Å². The Morgan fingerprint density at radius 3 is 2.50 bits per heavy atom. The van der Waals surface area contributed by atoms with Gasteiger partial charge in [0.2, 0.25) is 0 Å². The van der Waals surface area contributed by atoms with E-state index in [-0.39, 0.29) is 12.5 Å². The number of benzene rings is 1. The normalized spacial score (nSPS) is 10.1. The molecule has 0 spiro atoms. The molecule has 104 valence electrons. The van der Waals surface area contributed by atoms with Gasteiger partial charge >= 0.3 is 5.97 Å². The zero-order valence-electron chi connectivity index (χ0n) is 10.8. The van der Waals surface area contributed by atoms with Crippen molar-refractivity contribution in [1.29, 1.82) is 0 Å². The molecule has 0 aliphatic carbocycles. The molecular formula is C14H13NO4S. The molecule has 6 heteroatoms. The molecular weight excluding hydrogens is 278 g/mol. The number of anilines is 1. The predicted octanol–water partition coefficient (Wildman–Crippen LogP) is 2.77.